The molecule has 3 fully saturated rings. The molecule has 1 saturated carbocycles. The molecular formula is C26H41N4O7PS2Si. The van der Waals surface area contributed by atoms with Crippen LogP contribution in [0.15, 0.2) is 28.1 Å². The van der Waals surface area contributed by atoms with Crippen LogP contribution in [0.3, 0.4) is 0 Å². The molecule has 41 heavy (non-hydrogen) atoms. The highest BCUT2D eigenvalue weighted by atomic mass is 32.9. The number of aliphatic hydroxyl groups excluding tert-OH is 1. The number of imidazole rings is 1. The summed E-state index contributed by atoms with van der Waals surface area (Å²) in [6.45, 7) is 19.1. The second-order valence-electron chi connectivity index (χ2n) is 13.2. The molecule has 15 heteroatoms. The van der Waals surface area contributed by atoms with Crippen LogP contribution < -0.4 is 11.2 Å². The standard InChI is InChI=1S/C26H41N4O7PS2Si/c1-14(2)15-9-10-26(6)17(11-15)36-38(39,40-26)34-12-16-20(37-41(7,8)25(3,4)5)19(31)23(35-16)30-13-27-18-21(30)28-24(33)29-22(18)32/h13,15-17,19-20,23,31H,1,9-12H2,2-8H3,(H2,28,29,32,33)/t15-,16-,17+,19-,20?,23-,26+,38+/m1/s1. The van der Waals surface area contributed by atoms with Crippen molar-refractivity contribution in [2.45, 2.75) is 107 Å². The lowest BCUT2D eigenvalue weighted by molar-refractivity contribution is -0.0475. The second kappa shape index (κ2) is 10.8. The van der Waals surface area contributed by atoms with E-state index in [1.807, 2.05) is 0 Å². The van der Waals surface area contributed by atoms with E-state index in [1.54, 1.807) is 11.4 Å². The van der Waals surface area contributed by atoms with Crippen LogP contribution in [-0.2, 0) is 30.0 Å². The van der Waals surface area contributed by atoms with Crippen molar-refractivity contribution in [2.75, 3.05) is 6.61 Å². The summed E-state index contributed by atoms with van der Waals surface area (Å²) in [5, 5.41) is 11.5. The molecule has 0 bridgehead atoms. The Labute approximate surface area is 249 Å². The van der Waals surface area contributed by atoms with Gasteiger partial charge in [-0.15, -0.1) is 0 Å². The van der Waals surface area contributed by atoms with E-state index in [0.717, 1.165) is 19.3 Å². The number of aliphatic hydroxyl groups is 1. The average Bonchev–Trinajstić information content (AvgIpc) is 3.48. The highest BCUT2D eigenvalue weighted by molar-refractivity contribution is 8.68. The normalized spacial score (nSPS) is 36.1. The Morgan fingerprint density at radius 2 is 2.10 bits per heavy atom. The van der Waals surface area contributed by atoms with Crippen molar-refractivity contribution in [2.24, 2.45) is 5.92 Å². The third-order valence-corrected chi connectivity index (χ3v) is 19.4. The van der Waals surface area contributed by atoms with Crippen molar-refractivity contribution in [1.82, 2.24) is 19.5 Å². The number of rotatable bonds is 7. The van der Waals surface area contributed by atoms with Crippen molar-refractivity contribution in [1.29, 1.82) is 0 Å². The van der Waals surface area contributed by atoms with Crippen molar-refractivity contribution < 1.29 is 23.3 Å². The molecule has 0 aromatic carbocycles. The maximum atomic E-state index is 12.3. The summed E-state index contributed by atoms with van der Waals surface area (Å²) in [6, 6.07) is 0. The van der Waals surface area contributed by atoms with Crippen molar-refractivity contribution in [3.8, 4) is 0 Å². The zero-order chi connectivity index (χ0) is 30.1. The number of hydrogen-bond donors (Lipinski definition) is 3. The van der Waals surface area contributed by atoms with Crippen molar-refractivity contribution in [3.63, 3.8) is 0 Å². The van der Waals surface area contributed by atoms with Gasteiger partial charge in [0.1, 0.15) is 24.0 Å². The first-order valence-electron chi connectivity index (χ1n) is 13.9. The van der Waals surface area contributed by atoms with Gasteiger partial charge in [-0.25, -0.2) is 9.78 Å². The summed E-state index contributed by atoms with van der Waals surface area (Å²) in [5.74, 6) is 0.412. The molecular weight excluding hydrogens is 604 g/mol. The first kappa shape index (κ1) is 31.3. The van der Waals surface area contributed by atoms with Gasteiger partial charge in [-0.05, 0) is 69.0 Å². The van der Waals surface area contributed by atoms with E-state index in [2.05, 4.69) is 69.2 Å². The SMILES string of the molecule is C=C(C)[C@@H]1CC[C@]2(C)S[P@@](=S)(OC[C@H]3O[C@@H](n4cnc5c(=O)[nH]c(=O)[nH]c54)[C@H](O)C3O[Si](C)(C)C(C)(C)C)O[C@H]2C1. The smallest absolute Gasteiger partial charge is 0.327 e. The Morgan fingerprint density at radius 3 is 2.76 bits per heavy atom. The van der Waals surface area contributed by atoms with Crippen LogP contribution in [0.5, 0.6) is 0 Å². The molecule has 3 aliphatic rings. The van der Waals surface area contributed by atoms with Crippen molar-refractivity contribution in [3.05, 3.63) is 39.3 Å². The van der Waals surface area contributed by atoms with Gasteiger partial charge in [-0.3, -0.25) is 19.3 Å². The molecule has 0 spiro atoms. The van der Waals surface area contributed by atoms with E-state index in [-0.39, 0.29) is 33.7 Å². The summed E-state index contributed by atoms with van der Waals surface area (Å²) >= 11 is 7.62. The molecule has 2 aliphatic heterocycles. The van der Waals surface area contributed by atoms with Gasteiger partial charge in [0.25, 0.3) is 5.56 Å². The summed E-state index contributed by atoms with van der Waals surface area (Å²) < 4.78 is 27.3. The summed E-state index contributed by atoms with van der Waals surface area (Å²) in [7, 11) is -2.37. The van der Waals surface area contributed by atoms with Crippen LogP contribution in [0.1, 0.15) is 60.1 Å². The summed E-state index contributed by atoms with van der Waals surface area (Å²) in [5.41, 5.74) is -2.65. The molecule has 2 aromatic heterocycles. The number of nitrogens with one attached hydrogen (secondary N) is 2. The van der Waals surface area contributed by atoms with Gasteiger partial charge in [-0.2, -0.15) is 0 Å². The number of aromatic amines is 2. The lowest BCUT2D eigenvalue weighted by atomic mass is 9.77. The predicted molar refractivity (Wildman–Crippen MR) is 166 cm³/mol. The van der Waals surface area contributed by atoms with E-state index in [9.17, 15) is 14.7 Å². The van der Waals surface area contributed by atoms with Gasteiger partial charge < -0.3 is 23.3 Å². The van der Waals surface area contributed by atoms with Crippen LogP contribution in [0.2, 0.25) is 18.1 Å². The van der Waals surface area contributed by atoms with E-state index in [0.29, 0.717) is 5.92 Å². The van der Waals surface area contributed by atoms with Crippen LogP contribution in [0.4, 0.5) is 0 Å². The fourth-order valence-electron chi connectivity index (χ4n) is 5.50. The number of aromatic nitrogens is 4. The molecule has 8 atom stereocenters. The number of nitrogens with zero attached hydrogens (tertiary/aromatic N) is 2. The number of hydrogen-bond acceptors (Lipinski definition) is 10. The van der Waals surface area contributed by atoms with Gasteiger partial charge >= 0.3 is 5.69 Å². The maximum absolute atomic E-state index is 12.3. The lowest BCUT2D eigenvalue weighted by Crippen LogP contribution is -2.49. The fourth-order valence-corrected chi connectivity index (χ4v) is 14.0. The third kappa shape index (κ3) is 5.88. The van der Waals surface area contributed by atoms with Gasteiger partial charge in [0.05, 0.1) is 19.0 Å². The summed E-state index contributed by atoms with van der Waals surface area (Å²) in [6.07, 6.45) is 0.734. The second-order valence-corrected chi connectivity index (χ2v) is 24.6. The minimum absolute atomic E-state index is 0.0110. The van der Waals surface area contributed by atoms with Gasteiger partial charge in [0.2, 0.25) is 5.69 Å². The van der Waals surface area contributed by atoms with Gasteiger partial charge in [-0.1, -0.05) is 44.3 Å². The van der Waals surface area contributed by atoms with E-state index in [1.165, 1.54) is 16.5 Å². The molecule has 2 saturated heterocycles. The number of ether oxygens (including phenoxy) is 1. The minimum Gasteiger partial charge on any atom is -0.408 e. The molecule has 3 N–H and O–H groups in total. The molecule has 4 heterocycles. The fraction of sp³-hybridized carbons (Fsp3) is 0.731. The lowest BCUT2D eigenvalue weighted by Gasteiger charge is -2.40. The first-order chi connectivity index (χ1) is 18.9. The highest BCUT2D eigenvalue weighted by Gasteiger charge is 2.55. The van der Waals surface area contributed by atoms with E-state index >= 15 is 0 Å². The monoisotopic (exact) mass is 644 g/mol. The number of allylic oxidation sites excluding steroid dienone is 1. The minimum atomic E-state index is -2.71. The molecule has 0 amide bonds. The van der Waals surface area contributed by atoms with Crippen LogP contribution in [-0.4, -0.2) is 68.7 Å². The zero-order valence-corrected chi connectivity index (χ0v) is 28.2. The Kier molecular flexibility index (Phi) is 8.26. The number of fused-ring (bicyclic) bond motifs is 2. The Morgan fingerprint density at radius 1 is 1.39 bits per heavy atom. The van der Waals surface area contributed by atoms with Crippen molar-refractivity contribution >= 4 is 48.4 Å². The maximum Gasteiger partial charge on any atom is 0.327 e. The summed E-state index contributed by atoms with van der Waals surface area (Å²) in [4.78, 5) is 33.2. The molecule has 228 valence electrons. The van der Waals surface area contributed by atoms with Gasteiger partial charge in [0.15, 0.2) is 20.1 Å². The highest BCUT2D eigenvalue weighted by Crippen LogP contribution is 2.75. The molecule has 11 nitrogen and oxygen atoms in total. The van der Waals surface area contributed by atoms with Crippen LogP contribution in [0.25, 0.3) is 11.2 Å². The molecule has 2 aromatic rings. The largest absolute Gasteiger partial charge is 0.408 e. The van der Waals surface area contributed by atoms with E-state index < -0.39 is 49.8 Å². The third-order valence-electron chi connectivity index (χ3n) is 9.13. The van der Waals surface area contributed by atoms with Gasteiger partial charge in [0, 0.05) is 4.75 Å². The topological polar surface area (TPSA) is 141 Å². The molecule has 1 aliphatic carbocycles. The Balaban J connectivity index is 1.40. The predicted octanol–water partition coefficient (Wildman–Crippen LogP) is 4.57. The number of H-pyrrole nitrogens is 2. The molecule has 1 unspecified atom stereocenters. The molecule has 5 rings (SSSR count). The average molecular weight is 645 g/mol. The quantitative estimate of drug-likeness (QED) is 0.223. The van der Waals surface area contributed by atoms with Crippen LogP contribution >= 0.6 is 17.1 Å². The van der Waals surface area contributed by atoms with Crippen LogP contribution in [0, 0.1) is 5.92 Å². The molecule has 0 radical (unpaired) electrons. The Bertz CT molecular complexity index is 1500. The first-order valence-corrected chi connectivity index (χ1v) is 20.9. The van der Waals surface area contributed by atoms with E-state index in [4.69, 9.17) is 30.0 Å². The Hall–Kier alpha value is -1.09. The zero-order valence-electron chi connectivity index (χ0n) is 24.6.